The van der Waals surface area contributed by atoms with E-state index in [-0.39, 0.29) is 5.91 Å². The summed E-state index contributed by atoms with van der Waals surface area (Å²) >= 11 is 0. The predicted octanol–water partition coefficient (Wildman–Crippen LogP) is 2.88. The molecule has 3 heteroatoms. The van der Waals surface area contributed by atoms with Gasteiger partial charge in [-0.15, -0.1) is 0 Å². The predicted molar refractivity (Wildman–Crippen MR) is 70.8 cm³/mol. The Bertz CT molecular complexity index is 230. The summed E-state index contributed by atoms with van der Waals surface area (Å²) in [5.74, 6) is 1.89. The van der Waals surface area contributed by atoms with Gasteiger partial charge in [0.25, 0.3) is 0 Å². The van der Waals surface area contributed by atoms with Crippen molar-refractivity contribution in [2.45, 2.75) is 59.4 Å². The molecule has 0 radical (unpaired) electrons. The summed E-state index contributed by atoms with van der Waals surface area (Å²) < 4.78 is 0. The second-order valence-electron chi connectivity index (χ2n) is 5.18. The number of carbonyl (C=O) groups excluding carboxylic acids is 2. The average molecular weight is 241 g/mol. The molecule has 100 valence electrons. The van der Waals surface area contributed by atoms with Crippen LogP contribution in [0.15, 0.2) is 0 Å². The van der Waals surface area contributed by atoms with E-state index in [1.54, 1.807) is 6.92 Å². The van der Waals surface area contributed by atoms with Crippen LogP contribution in [0, 0.1) is 11.8 Å². The maximum Gasteiger partial charge on any atom is 0.219 e. The lowest BCUT2D eigenvalue weighted by atomic mass is 9.79. The third-order valence-electron chi connectivity index (χ3n) is 3.73. The van der Waals surface area contributed by atoms with E-state index in [9.17, 15) is 4.79 Å². The molecule has 0 aromatic rings. The summed E-state index contributed by atoms with van der Waals surface area (Å²) in [6.45, 7) is 7.72. The van der Waals surface area contributed by atoms with Crippen LogP contribution in [-0.2, 0) is 9.59 Å². The highest BCUT2D eigenvalue weighted by atomic mass is 16.2. The fraction of sp³-hybridized carbons (Fsp3) is 0.857. The quantitative estimate of drug-likeness (QED) is 0.697. The van der Waals surface area contributed by atoms with Crippen LogP contribution < -0.4 is 0 Å². The Morgan fingerprint density at radius 2 is 1.65 bits per heavy atom. The summed E-state index contributed by atoms with van der Waals surface area (Å²) in [5, 5.41) is 0. The Balaban J connectivity index is 0.000000770. The lowest BCUT2D eigenvalue weighted by Crippen LogP contribution is -2.38. The first-order valence-electron chi connectivity index (χ1n) is 6.57. The van der Waals surface area contributed by atoms with Gasteiger partial charge in [-0.05, 0) is 44.4 Å². The van der Waals surface area contributed by atoms with Crippen molar-refractivity contribution in [3.8, 4) is 0 Å². The van der Waals surface area contributed by atoms with E-state index in [2.05, 4.69) is 13.8 Å². The first-order valence-corrected chi connectivity index (χ1v) is 6.57. The van der Waals surface area contributed by atoms with Gasteiger partial charge in [0.05, 0.1) is 0 Å². The first-order chi connectivity index (χ1) is 7.93. The second-order valence-corrected chi connectivity index (χ2v) is 5.18. The minimum atomic E-state index is 0.206. The van der Waals surface area contributed by atoms with E-state index in [1.807, 2.05) is 11.9 Å². The molecule has 17 heavy (non-hydrogen) atoms. The molecule has 1 aliphatic rings. The van der Waals surface area contributed by atoms with Crippen LogP contribution in [0.5, 0.6) is 0 Å². The van der Waals surface area contributed by atoms with Gasteiger partial charge in [-0.25, -0.2) is 0 Å². The molecule has 0 aromatic carbocycles. The maximum absolute atomic E-state index is 11.2. The molecule has 0 spiro atoms. The average Bonchev–Trinajstić information content (AvgIpc) is 2.29. The van der Waals surface area contributed by atoms with Crippen molar-refractivity contribution in [3.63, 3.8) is 0 Å². The van der Waals surface area contributed by atoms with Crippen LogP contribution >= 0.6 is 0 Å². The van der Waals surface area contributed by atoms with Crippen LogP contribution in [0.2, 0.25) is 0 Å². The van der Waals surface area contributed by atoms with Crippen molar-refractivity contribution < 1.29 is 9.59 Å². The Morgan fingerprint density at radius 3 is 1.94 bits per heavy atom. The lowest BCUT2D eigenvalue weighted by molar-refractivity contribution is -0.130. The highest BCUT2D eigenvalue weighted by Crippen LogP contribution is 2.31. The van der Waals surface area contributed by atoms with Gasteiger partial charge in [0.1, 0.15) is 6.29 Å². The molecule has 1 aliphatic carbocycles. The van der Waals surface area contributed by atoms with Gasteiger partial charge in [0.15, 0.2) is 0 Å². The van der Waals surface area contributed by atoms with Crippen LogP contribution in [-0.4, -0.2) is 30.2 Å². The van der Waals surface area contributed by atoms with Gasteiger partial charge in [-0.2, -0.15) is 0 Å². The number of hydrogen-bond acceptors (Lipinski definition) is 2. The molecule has 0 saturated heterocycles. The highest BCUT2D eigenvalue weighted by molar-refractivity contribution is 5.73. The van der Waals surface area contributed by atoms with Gasteiger partial charge in [0.2, 0.25) is 5.91 Å². The van der Waals surface area contributed by atoms with E-state index in [4.69, 9.17) is 4.79 Å². The summed E-state index contributed by atoms with van der Waals surface area (Å²) in [6, 6.07) is 0.502. The van der Waals surface area contributed by atoms with Crippen molar-refractivity contribution in [3.05, 3.63) is 0 Å². The second kappa shape index (κ2) is 8.26. The number of hydrogen-bond donors (Lipinski definition) is 0. The molecule has 1 amide bonds. The number of aldehydes is 1. The number of rotatable bonds is 2. The first kappa shape index (κ1) is 16.1. The van der Waals surface area contributed by atoms with Crippen LogP contribution in [0.1, 0.15) is 53.4 Å². The molecular weight excluding hydrogens is 214 g/mol. The molecule has 3 nitrogen and oxygen atoms in total. The van der Waals surface area contributed by atoms with E-state index < -0.39 is 0 Å². The molecule has 0 heterocycles. The largest absolute Gasteiger partial charge is 0.343 e. The third-order valence-corrected chi connectivity index (χ3v) is 3.73. The zero-order valence-corrected chi connectivity index (χ0v) is 11.9. The number of carbonyl (C=O) groups is 2. The summed E-state index contributed by atoms with van der Waals surface area (Å²) in [4.78, 5) is 21.9. The monoisotopic (exact) mass is 241 g/mol. The van der Waals surface area contributed by atoms with E-state index >= 15 is 0 Å². The standard InChI is InChI=1S/C12H23NO.C2H4O/c1-9(2)11-5-7-12(8-6-11)13(4)10(3)14;1-2-3/h9,11-12H,5-8H2,1-4H3;2H,1H3. The fourth-order valence-electron chi connectivity index (χ4n) is 2.41. The maximum atomic E-state index is 11.2. The summed E-state index contributed by atoms with van der Waals surface area (Å²) in [5.41, 5.74) is 0. The fourth-order valence-corrected chi connectivity index (χ4v) is 2.41. The molecule has 1 fully saturated rings. The Morgan fingerprint density at radius 1 is 1.24 bits per heavy atom. The smallest absolute Gasteiger partial charge is 0.219 e. The summed E-state index contributed by atoms with van der Waals surface area (Å²) in [7, 11) is 1.93. The Labute approximate surface area is 106 Å². The van der Waals surface area contributed by atoms with Crippen LogP contribution in [0.25, 0.3) is 0 Å². The van der Waals surface area contributed by atoms with E-state index in [1.165, 1.54) is 32.6 Å². The molecule has 1 saturated carbocycles. The third kappa shape index (κ3) is 5.85. The van der Waals surface area contributed by atoms with E-state index in [0.29, 0.717) is 6.04 Å². The van der Waals surface area contributed by atoms with Gasteiger partial charge < -0.3 is 9.69 Å². The lowest BCUT2D eigenvalue weighted by Gasteiger charge is -2.35. The van der Waals surface area contributed by atoms with Crippen molar-refractivity contribution >= 4 is 12.2 Å². The normalized spacial score (nSPS) is 23.6. The molecule has 0 N–H and O–H groups in total. The SMILES string of the molecule is CC(=O)N(C)C1CCC(C(C)C)CC1.CC=O. The van der Waals surface area contributed by atoms with Crippen molar-refractivity contribution in [2.24, 2.45) is 11.8 Å². The van der Waals surface area contributed by atoms with Crippen LogP contribution in [0.3, 0.4) is 0 Å². The zero-order valence-electron chi connectivity index (χ0n) is 11.9. The molecule has 0 unspecified atom stereocenters. The molecule has 0 bridgehead atoms. The molecule has 1 rings (SSSR count). The van der Waals surface area contributed by atoms with Crippen LogP contribution in [0.4, 0.5) is 0 Å². The Kier molecular flexibility index (Phi) is 7.85. The molecule has 0 atom stereocenters. The number of nitrogens with zero attached hydrogens (tertiary/aromatic N) is 1. The van der Waals surface area contributed by atoms with Gasteiger partial charge >= 0.3 is 0 Å². The molecular formula is C14H27NO2. The molecule has 0 aromatic heterocycles. The topological polar surface area (TPSA) is 37.4 Å². The number of amides is 1. The Hall–Kier alpha value is -0.860. The van der Waals surface area contributed by atoms with Gasteiger partial charge in [-0.3, -0.25) is 4.79 Å². The minimum absolute atomic E-state index is 0.206. The summed E-state index contributed by atoms with van der Waals surface area (Å²) in [6.07, 6.45) is 5.72. The van der Waals surface area contributed by atoms with Crippen molar-refractivity contribution in [1.82, 2.24) is 4.90 Å². The van der Waals surface area contributed by atoms with E-state index in [0.717, 1.165) is 18.1 Å². The molecule has 0 aliphatic heterocycles. The van der Waals surface area contributed by atoms with Crippen molar-refractivity contribution in [1.29, 1.82) is 0 Å². The zero-order chi connectivity index (χ0) is 13.4. The highest BCUT2D eigenvalue weighted by Gasteiger charge is 2.26. The van der Waals surface area contributed by atoms with Gasteiger partial charge in [-0.1, -0.05) is 13.8 Å². The van der Waals surface area contributed by atoms with Crippen molar-refractivity contribution in [2.75, 3.05) is 7.05 Å². The van der Waals surface area contributed by atoms with Gasteiger partial charge in [0, 0.05) is 20.0 Å². The minimum Gasteiger partial charge on any atom is -0.343 e.